The Labute approximate surface area is 138 Å². The van der Waals surface area contributed by atoms with Gasteiger partial charge in [0.05, 0.1) is 12.2 Å². The summed E-state index contributed by atoms with van der Waals surface area (Å²) in [7, 11) is 0. The molecule has 23 heavy (non-hydrogen) atoms. The Morgan fingerprint density at radius 1 is 1.39 bits per heavy atom. The summed E-state index contributed by atoms with van der Waals surface area (Å²) in [6, 6.07) is 2.08. The quantitative estimate of drug-likeness (QED) is 0.876. The summed E-state index contributed by atoms with van der Waals surface area (Å²) in [6.07, 6.45) is 5.76. The van der Waals surface area contributed by atoms with Crippen LogP contribution in [0.3, 0.4) is 0 Å². The van der Waals surface area contributed by atoms with E-state index in [2.05, 4.69) is 35.3 Å². The highest BCUT2D eigenvalue weighted by Gasteiger charge is 2.27. The monoisotopic (exact) mass is 319 g/mol. The van der Waals surface area contributed by atoms with Crippen molar-refractivity contribution in [3.63, 3.8) is 0 Å². The van der Waals surface area contributed by atoms with Gasteiger partial charge in [0.2, 0.25) is 5.91 Å². The van der Waals surface area contributed by atoms with E-state index < -0.39 is 0 Å². The zero-order valence-electron chi connectivity index (χ0n) is 14.4. The Morgan fingerprint density at radius 2 is 2.22 bits per heavy atom. The van der Waals surface area contributed by atoms with Crippen LogP contribution < -0.4 is 5.32 Å². The molecule has 2 fully saturated rings. The van der Waals surface area contributed by atoms with Gasteiger partial charge in [-0.15, -0.1) is 0 Å². The van der Waals surface area contributed by atoms with E-state index in [-0.39, 0.29) is 5.91 Å². The number of nitrogens with one attached hydrogen (secondary N) is 1. The van der Waals surface area contributed by atoms with Gasteiger partial charge in [0, 0.05) is 25.1 Å². The van der Waals surface area contributed by atoms with E-state index in [9.17, 15) is 4.79 Å². The maximum atomic E-state index is 12.0. The van der Waals surface area contributed by atoms with Gasteiger partial charge in [0.15, 0.2) is 5.76 Å². The van der Waals surface area contributed by atoms with E-state index >= 15 is 0 Å². The van der Waals surface area contributed by atoms with Crippen LogP contribution in [0.25, 0.3) is 0 Å². The molecule has 1 saturated heterocycles. The van der Waals surface area contributed by atoms with Crippen molar-refractivity contribution in [3.8, 4) is 0 Å². The number of nitrogens with zero attached hydrogens (tertiary/aromatic N) is 2. The number of aromatic nitrogens is 1. The van der Waals surface area contributed by atoms with Crippen molar-refractivity contribution in [2.75, 3.05) is 19.6 Å². The molecular weight excluding hydrogens is 290 g/mol. The molecule has 1 amide bonds. The number of rotatable bonds is 6. The van der Waals surface area contributed by atoms with Gasteiger partial charge in [0.25, 0.3) is 0 Å². The van der Waals surface area contributed by atoms with Crippen LogP contribution in [0.4, 0.5) is 0 Å². The minimum Gasteiger partial charge on any atom is -0.360 e. The minimum absolute atomic E-state index is 0.269. The van der Waals surface area contributed by atoms with Crippen LogP contribution in [-0.4, -0.2) is 35.6 Å². The fraction of sp³-hybridized carbons (Fsp3) is 0.778. The van der Waals surface area contributed by atoms with E-state index in [4.69, 9.17) is 4.52 Å². The van der Waals surface area contributed by atoms with Crippen LogP contribution in [0.15, 0.2) is 10.6 Å². The molecule has 1 aliphatic heterocycles. The molecule has 1 saturated carbocycles. The maximum absolute atomic E-state index is 12.0. The molecule has 1 aromatic rings. The van der Waals surface area contributed by atoms with Crippen molar-refractivity contribution in [1.82, 2.24) is 15.4 Å². The second-order valence-corrected chi connectivity index (χ2v) is 7.49. The zero-order chi connectivity index (χ0) is 16.2. The predicted octanol–water partition coefficient (Wildman–Crippen LogP) is 2.93. The van der Waals surface area contributed by atoms with Crippen LogP contribution in [0.5, 0.6) is 0 Å². The molecule has 0 spiro atoms. The fourth-order valence-electron chi connectivity index (χ4n) is 3.42. The maximum Gasteiger partial charge on any atom is 0.223 e. The van der Waals surface area contributed by atoms with Crippen LogP contribution in [0, 0.1) is 11.8 Å². The number of piperidine rings is 1. The first-order valence-electron chi connectivity index (χ1n) is 9.07. The highest BCUT2D eigenvalue weighted by molar-refractivity contribution is 5.79. The largest absolute Gasteiger partial charge is 0.360 e. The summed E-state index contributed by atoms with van der Waals surface area (Å²) in [5, 5.41) is 7.29. The molecule has 128 valence electrons. The molecule has 1 aliphatic carbocycles. The van der Waals surface area contributed by atoms with E-state index in [1.807, 2.05) is 0 Å². The van der Waals surface area contributed by atoms with Crippen molar-refractivity contribution in [3.05, 3.63) is 17.5 Å². The van der Waals surface area contributed by atoms with Crippen LogP contribution >= 0.6 is 0 Å². The summed E-state index contributed by atoms with van der Waals surface area (Å²) in [5.74, 6) is 2.47. The summed E-state index contributed by atoms with van der Waals surface area (Å²) in [6.45, 7) is 8.03. The minimum atomic E-state index is 0.269. The first kappa shape index (κ1) is 16.5. The first-order valence-corrected chi connectivity index (χ1v) is 9.07. The molecule has 0 bridgehead atoms. The van der Waals surface area contributed by atoms with Crippen LogP contribution in [0.1, 0.15) is 63.3 Å². The average Bonchev–Trinajstić information content (AvgIpc) is 2.92. The molecule has 0 unspecified atom stereocenters. The van der Waals surface area contributed by atoms with E-state index in [1.54, 1.807) is 0 Å². The van der Waals surface area contributed by atoms with Gasteiger partial charge in [-0.25, -0.2) is 0 Å². The lowest BCUT2D eigenvalue weighted by Gasteiger charge is -2.33. The predicted molar refractivity (Wildman–Crippen MR) is 88.9 cm³/mol. The van der Waals surface area contributed by atoms with Crippen molar-refractivity contribution >= 4 is 5.91 Å². The lowest BCUT2D eigenvalue weighted by molar-refractivity contribution is -0.127. The third-order valence-corrected chi connectivity index (χ3v) is 5.19. The number of hydrogen-bond donors (Lipinski definition) is 1. The Hall–Kier alpha value is -1.36. The molecule has 1 aromatic heterocycles. The Bertz CT molecular complexity index is 522. The topological polar surface area (TPSA) is 58.4 Å². The Kier molecular flexibility index (Phi) is 5.36. The molecule has 2 aliphatic rings. The van der Waals surface area contributed by atoms with Gasteiger partial charge in [-0.1, -0.05) is 25.4 Å². The van der Waals surface area contributed by atoms with Gasteiger partial charge in [-0.2, -0.15) is 0 Å². The summed E-state index contributed by atoms with van der Waals surface area (Å²) < 4.78 is 5.45. The Balaban J connectivity index is 1.44. The highest BCUT2D eigenvalue weighted by Crippen LogP contribution is 2.26. The lowest BCUT2D eigenvalue weighted by atomic mass is 9.84. The van der Waals surface area contributed by atoms with E-state index in [1.165, 1.54) is 19.3 Å². The molecule has 1 N–H and O–H groups in total. The summed E-state index contributed by atoms with van der Waals surface area (Å²) in [5.41, 5.74) is 1.03. The van der Waals surface area contributed by atoms with Crippen molar-refractivity contribution in [2.24, 2.45) is 11.8 Å². The molecule has 0 radical (unpaired) electrons. The number of amides is 1. The smallest absolute Gasteiger partial charge is 0.223 e. The average molecular weight is 319 g/mol. The van der Waals surface area contributed by atoms with Gasteiger partial charge < -0.3 is 9.84 Å². The zero-order valence-corrected chi connectivity index (χ0v) is 14.4. The molecule has 3 rings (SSSR count). The third kappa shape index (κ3) is 4.34. The van der Waals surface area contributed by atoms with Crippen molar-refractivity contribution in [2.45, 2.75) is 58.4 Å². The number of carbonyl (C=O) groups is 1. The summed E-state index contributed by atoms with van der Waals surface area (Å²) in [4.78, 5) is 14.4. The molecule has 5 nitrogen and oxygen atoms in total. The summed E-state index contributed by atoms with van der Waals surface area (Å²) >= 11 is 0. The van der Waals surface area contributed by atoms with Gasteiger partial charge >= 0.3 is 0 Å². The van der Waals surface area contributed by atoms with Crippen molar-refractivity contribution in [1.29, 1.82) is 0 Å². The standard InChI is InChI=1S/C18H29N3O2/c1-13(2)17-9-16(23-20-17)12-21-8-4-5-14(11-21)10-19-18(22)15-6-3-7-15/h9,13-15H,3-8,10-12H2,1-2H3,(H,19,22)/t14-/m0/s1. The Morgan fingerprint density at radius 3 is 2.87 bits per heavy atom. The molecule has 5 heteroatoms. The number of likely N-dealkylation sites (tertiary alicyclic amines) is 1. The molecular formula is C18H29N3O2. The third-order valence-electron chi connectivity index (χ3n) is 5.19. The highest BCUT2D eigenvalue weighted by atomic mass is 16.5. The van der Waals surface area contributed by atoms with E-state index in [0.29, 0.717) is 17.8 Å². The van der Waals surface area contributed by atoms with Crippen molar-refractivity contribution < 1.29 is 9.32 Å². The van der Waals surface area contributed by atoms with Crippen LogP contribution in [0.2, 0.25) is 0 Å². The lowest BCUT2D eigenvalue weighted by Crippen LogP contribution is -2.42. The normalized spacial score (nSPS) is 23.0. The molecule has 1 atom stereocenters. The second-order valence-electron chi connectivity index (χ2n) is 7.49. The number of hydrogen-bond acceptors (Lipinski definition) is 4. The van der Waals surface area contributed by atoms with Gasteiger partial charge in [-0.05, 0) is 44.1 Å². The van der Waals surface area contributed by atoms with Crippen LogP contribution in [-0.2, 0) is 11.3 Å². The van der Waals surface area contributed by atoms with Gasteiger partial charge in [0.1, 0.15) is 0 Å². The molecule has 2 heterocycles. The van der Waals surface area contributed by atoms with E-state index in [0.717, 1.165) is 50.5 Å². The first-order chi connectivity index (χ1) is 11.1. The SMILES string of the molecule is CC(C)c1cc(CN2CCC[C@@H](CNC(=O)C3CCC3)C2)on1. The second kappa shape index (κ2) is 7.47. The van der Waals surface area contributed by atoms with Gasteiger partial charge in [-0.3, -0.25) is 9.69 Å². The molecule has 0 aromatic carbocycles. The number of carbonyl (C=O) groups excluding carboxylic acids is 1. The fourth-order valence-corrected chi connectivity index (χ4v) is 3.42.